The third-order valence-electron chi connectivity index (χ3n) is 3.83. The first-order chi connectivity index (χ1) is 14.0. The van der Waals surface area contributed by atoms with E-state index >= 15 is 0 Å². The van der Waals surface area contributed by atoms with Gasteiger partial charge in [-0.3, -0.25) is 4.79 Å². The van der Waals surface area contributed by atoms with Crippen LogP contribution in [0.25, 0.3) is 0 Å². The number of nitrogen functional groups attached to an aromatic ring is 1. The van der Waals surface area contributed by atoms with Gasteiger partial charge < -0.3 is 20.5 Å². The third-order valence-corrected chi connectivity index (χ3v) is 5.16. The normalized spacial score (nSPS) is 10.4. The van der Waals surface area contributed by atoms with E-state index in [1.54, 1.807) is 42.7 Å². The molecule has 10 heteroatoms. The number of thioether (sulfide) groups is 1. The number of benzene rings is 1. The summed E-state index contributed by atoms with van der Waals surface area (Å²) in [4.78, 5) is 25.2. The van der Waals surface area contributed by atoms with Gasteiger partial charge in [0.25, 0.3) is 5.91 Å². The smallest absolute Gasteiger partial charge is 0.258 e. The lowest BCUT2D eigenvalue weighted by Gasteiger charge is -2.14. The molecule has 0 fully saturated rings. The number of nitrogens with one attached hydrogen (secondary N) is 1. The SMILES string of the molecule is COc1cc(OC)c(NC(=O)c2cccnc2SCc2ccnc(N)n2)cc1Cl. The van der Waals surface area contributed by atoms with E-state index in [-0.39, 0.29) is 11.9 Å². The van der Waals surface area contributed by atoms with Crippen molar-refractivity contribution in [3.63, 3.8) is 0 Å². The molecule has 0 aliphatic carbocycles. The lowest BCUT2D eigenvalue weighted by atomic mass is 10.2. The van der Waals surface area contributed by atoms with Gasteiger partial charge in [-0.15, -0.1) is 0 Å². The summed E-state index contributed by atoms with van der Waals surface area (Å²) in [6.07, 6.45) is 3.21. The summed E-state index contributed by atoms with van der Waals surface area (Å²) in [5.41, 5.74) is 7.18. The highest BCUT2D eigenvalue weighted by Gasteiger charge is 2.17. The topological polar surface area (TPSA) is 112 Å². The number of nitrogens with zero attached hydrogens (tertiary/aromatic N) is 3. The number of rotatable bonds is 7. The van der Waals surface area contributed by atoms with Crippen molar-refractivity contribution >= 4 is 40.9 Å². The van der Waals surface area contributed by atoms with Crippen LogP contribution in [0.5, 0.6) is 11.5 Å². The molecule has 3 N–H and O–H groups in total. The van der Waals surface area contributed by atoms with Crippen LogP contribution in [-0.4, -0.2) is 35.1 Å². The first kappa shape index (κ1) is 20.7. The molecule has 2 aromatic heterocycles. The Bertz CT molecular complexity index is 1030. The van der Waals surface area contributed by atoms with Crippen molar-refractivity contribution in [3.8, 4) is 11.5 Å². The fourth-order valence-corrected chi connectivity index (χ4v) is 3.60. The van der Waals surface area contributed by atoms with Gasteiger partial charge in [-0.25, -0.2) is 15.0 Å². The lowest BCUT2D eigenvalue weighted by Crippen LogP contribution is -2.14. The summed E-state index contributed by atoms with van der Waals surface area (Å²) in [6.45, 7) is 0. The number of hydrogen-bond donors (Lipinski definition) is 2. The first-order valence-corrected chi connectivity index (χ1v) is 9.76. The van der Waals surface area contributed by atoms with Crippen LogP contribution in [0.1, 0.15) is 16.1 Å². The van der Waals surface area contributed by atoms with E-state index in [2.05, 4.69) is 20.3 Å². The Labute approximate surface area is 176 Å². The maximum Gasteiger partial charge on any atom is 0.258 e. The fraction of sp³-hybridized carbons (Fsp3) is 0.158. The predicted octanol–water partition coefficient (Wildman–Crippen LogP) is 3.67. The van der Waals surface area contributed by atoms with E-state index in [0.29, 0.717) is 38.6 Å². The van der Waals surface area contributed by atoms with Crippen LogP contribution in [0.2, 0.25) is 5.02 Å². The Morgan fingerprint density at radius 2 is 1.97 bits per heavy atom. The molecule has 0 unspecified atom stereocenters. The van der Waals surface area contributed by atoms with Crippen molar-refractivity contribution in [2.75, 3.05) is 25.3 Å². The van der Waals surface area contributed by atoms with Gasteiger partial charge >= 0.3 is 0 Å². The molecule has 0 atom stereocenters. The van der Waals surface area contributed by atoms with Gasteiger partial charge in [-0.2, -0.15) is 0 Å². The van der Waals surface area contributed by atoms with Crippen molar-refractivity contribution in [2.45, 2.75) is 10.8 Å². The molecule has 0 aliphatic heterocycles. The average Bonchev–Trinajstić information content (AvgIpc) is 2.72. The molecule has 3 aromatic rings. The molecule has 0 saturated carbocycles. The molecule has 1 amide bonds. The Morgan fingerprint density at radius 1 is 1.17 bits per heavy atom. The number of amides is 1. The van der Waals surface area contributed by atoms with Crippen LogP contribution in [0.4, 0.5) is 11.6 Å². The average molecular weight is 432 g/mol. The predicted molar refractivity (Wildman–Crippen MR) is 113 cm³/mol. The standard InChI is InChI=1S/C19H18ClN5O3S/c1-27-15-9-16(28-2)14(8-13(15)20)25-17(26)12-4-3-6-22-18(12)29-10-11-5-7-23-19(21)24-11/h3-9H,10H2,1-2H3,(H,25,26)(H2,21,23,24). The van der Waals surface area contributed by atoms with Gasteiger partial charge in [0.2, 0.25) is 5.95 Å². The lowest BCUT2D eigenvalue weighted by molar-refractivity contribution is 0.102. The van der Waals surface area contributed by atoms with Crippen molar-refractivity contribution in [1.29, 1.82) is 0 Å². The fourth-order valence-electron chi connectivity index (χ4n) is 2.46. The second kappa shape index (κ2) is 9.44. The second-order valence-electron chi connectivity index (χ2n) is 5.69. The van der Waals surface area contributed by atoms with E-state index in [0.717, 1.165) is 5.69 Å². The molecule has 1 aromatic carbocycles. The number of aromatic nitrogens is 3. The molecular formula is C19H18ClN5O3S. The van der Waals surface area contributed by atoms with Crippen LogP contribution >= 0.6 is 23.4 Å². The van der Waals surface area contributed by atoms with E-state index in [1.165, 1.54) is 26.0 Å². The van der Waals surface area contributed by atoms with E-state index < -0.39 is 0 Å². The molecule has 0 spiro atoms. The van der Waals surface area contributed by atoms with Crippen LogP contribution in [-0.2, 0) is 5.75 Å². The van der Waals surface area contributed by atoms with Gasteiger partial charge in [0.15, 0.2) is 0 Å². The highest BCUT2D eigenvalue weighted by molar-refractivity contribution is 7.98. The number of pyridine rings is 1. The number of nitrogens with two attached hydrogens (primary N) is 1. The molecule has 0 saturated heterocycles. The highest BCUT2D eigenvalue weighted by Crippen LogP contribution is 2.36. The molecule has 29 heavy (non-hydrogen) atoms. The van der Waals surface area contributed by atoms with E-state index in [9.17, 15) is 4.79 Å². The number of halogens is 1. The minimum absolute atomic E-state index is 0.200. The highest BCUT2D eigenvalue weighted by atomic mass is 35.5. The molecule has 3 rings (SSSR count). The quantitative estimate of drug-likeness (QED) is 0.545. The summed E-state index contributed by atoms with van der Waals surface area (Å²) in [5, 5.41) is 3.72. The van der Waals surface area contributed by atoms with Crippen LogP contribution < -0.4 is 20.5 Å². The minimum atomic E-state index is -0.345. The van der Waals surface area contributed by atoms with Gasteiger partial charge in [-0.05, 0) is 24.3 Å². The minimum Gasteiger partial charge on any atom is -0.495 e. The van der Waals surface area contributed by atoms with Gasteiger partial charge in [0.1, 0.15) is 16.5 Å². The number of hydrogen-bond acceptors (Lipinski definition) is 8. The van der Waals surface area contributed by atoms with Gasteiger partial charge in [-0.1, -0.05) is 23.4 Å². The van der Waals surface area contributed by atoms with Crippen LogP contribution in [0.15, 0.2) is 47.8 Å². The first-order valence-electron chi connectivity index (χ1n) is 8.40. The zero-order chi connectivity index (χ0) is 20.8. The zero-order valence-electron chi connectivity index (χ0n) is 15.7. The van der Waals surface area contributed by atoms with E-state index in [1.807, 2.05) is 0 Å². The zero-order valence-corrected chi connectivity index (χ0v) is 17.3. The second-order valence-corrected chi connectivity index (χ2v) is 7.06. The summed E-state index contributed by atoms with van der Waals surface area (Å²) in [6, 6.07) is 8.33. The summed E-state index contributed by atoms with van der Waals surface area (Å²) < 4.78 is 10.5. The summed E-state index contributed by atoms with van der Waals surface area (Å²) in [5.74, 6) is 1.21. The Kier molecular flexibility index (Phi) is 6.73. The Hall–Kier alpha value is -3.04. The Morgan fingerprint density at radius 3 is 2.69 bits per heavy atom. The Balaban J connectivity index is 1.81. The molecule has 8 nitrogen and oxygen atoms in total. The number of methoxy groups -OCH3 is 2. The number of carbonyl (C=O) groups is 1. The van der Waals surface area contributed by atoms with Crippen LogP contribution in [0.3, 0.4) is 0 Å². The summed E-state index contributed by atoms with van der Waals surface area (Å²) >= 11 is 7.55. The largest absolute Gasteiger partial charge is 0.495 e. The molecule has 0 radical (unpaired) electrons. The molecule has 150 valence electrons. The molecule has 2 heterocycles. The molecular weight excluding hydrogens is 414 g/mol. The number of anilines is 2. The van der Waals surface area contributed by atoms with Crippen molar-refractivity contribution in [2.24, 2.45) is 0 Å². The van der Waals surface area contributed by atoms with E-state index in [4.69, 9.17) is 26.8 Å². The maximum atomic E-state index is 12.9. The molecule has 0 bridgehead atoms. The van der Waals surface area contributed by atoms with Crippen molar-refractivity contribution in [3.05, 3.63) is 59.0 Å². The maximum absolute atomic E-state index is 12.9. The van der Waals surface area contributed by atoms with Crippen LogP contribution in [0, 0.1) is 0 Å². The van der Waals surface area contributed by atoms with Gasteiger partial charge in [0, 0.05) is 24.2 Å². The third kappa shape index (κ3) is 5.07. The number of ether oxygens (including phenoxy) is 2. The summed E-state index contributed by atoms with van der Waals surface area (Å²) in [7, 11) is 3.00. The van der Waals surface area contributed by atoms with Crippen molar-refractivity contribution in [1.82, 2.24) is 15.0 Å². The monoisotopic (exact) mass is 431 g/mol. The molecule has 0 aliphatic rings. The van der Waals surface area contributed by atoms with Crippen molar-refractivity contribution < 1.29 is 14.3 Å². The number of carbonyl (C=O) groups excluding carboxylic acids is 1. The van der Waals surface area contributed by atoms with Gasteiger partial charge in [0.05, 0.1) is 36.2 Å².